The lowest BCUT2D eigenvalue weighted by Crippen LogP contribution is -2.28. The van der Waals surface area contributed by atoms with Crippen LogP contribution in [0.5, 0.6) is 0 Å². The van der Waals surface area contributed by atoms with E-state index in [2.05, 4.69) is 20.6 Å². The number of benzene rings is 1. The average molecular weight is 313 g/mol. The summed E-state index contributed by atoms with van der Waals surface area (Å²) in [5, 5.41) is 5.96. The number of hydrogen-bond donors (Lipinski definition) is 2. The molecule has 0 fully saturated rings. The van der Waals surface area contributed by atoms with Crippen LogP contribution >= 0.6 is 0 Å². The lowest BCUT2D eigenvalue weighted by Gasteiger charge is -2.13. The van der Waals surface area contributed by atoms with Crippen molar-refractivity contribution in [1.82, 2.24) is 15.3 Å². The second kappa shape index (κ2) is 7.58. The first-order chi connectivity index (χ1) is 11.0. The second-order valence-corrected chi connectivity index (χ2v) is 5.94. The first-order valence-corrected chi connectivity index (χ1v) is 7.61. The Bertz CT molecular complexity index is 652. The third kappa shape index (κ3) is 4.95. The van der Waals surface area contributed by atoms with Gasteiger partial charge in [0.2, 0.25) is 5.95 Å². The smallest absolute Gasteiger partial charge is 0.270 e. The normalized spacial score (nSPS) is 10.5. The summed E-state index contributed by atoms with van der Waals surface area (Å²) in [7, 11) is 3.98. The SMILES string of the molecule is CC(C)CNC(=O)c1ccnc(Nc2ccc(N(C)C)cc2)n1. The molecular weight excluding hydrogens is 290 g/mol. The van der Waals surface area contributed by atoms with Crippen LogP contribution in [0.4, 0.5) is 17.3 Å². The molecule has 6 heteroatoms. The molecule has 0 aliphatic rings. The molecule has 2 rings (SSSR count). The van der Waals surface area contributed by atoms with E-state index in [9.17, 15) is 4.79 Å². The molecule has 2 N–H and O–H groups in total. The zero-order chi connectivity index (χ0) is 16.8. The first-order valence-electron chi connectivity index (χ1n) is 7.61. The van der Waals surface area contributed by atoms with E-state index in [1.165, 1.54) is 0 Å². The van der Waals surface area contributed by atoms with Gasteiger partial charge in [-0.3, -0.25) is 4.79 Å². The van der Waals surface area contributed by atoms with Crippen LogP contribution in [0, 0.1) is 5.92 Å². The minimum Gasteiger partial charge on any atom is -0.378 e. The summed E-state index contributed by atoms with van der Waals surface area (Å²) in [6.45, 7) is 4.72. The van der Waals surface area contributed by atoms with Crippen molar-refractivity contribution in [3.8, 4) is 0 Å². The van der Waals surface area contributed by atoms with E-state index in [1.54, 1.807) is 12.3 Å². The maximum atomic E-state index is 12.0. The summed E-state index contributed by atoms with van der Waals surface area (Å²) in [6.07, 6.45) is 1.58. The van der Waals surface area contributed by atoms with E-state index < -0.39 is 0 Å². The van der Waals surface area contributed by atoms with E-state index in [4.69, 9.17) is 0 Å². The second-order valence-electron chi connectivity index (χ2n) is 5.94. The van der Waals surface area contributed by atoms with Crippen molar-refractivity contribution in [3.63, 3.8) is 0 Å². The van der Waals surface area contributed by atoms with Crippen molar-refractivity contribution >= 4 is 23.2 Å². The van der Waals surface area contributed by atoms with Crippen LogP contribution in [0.2, 0.25) is 0 Å². The molecule has 0 radical (unpaired) electrons. The summed E-state index contributed by atoms with van der Waals surface area (Å²) in [5.74, 6) is 0.612. The number of carbonyl (C=O) groups is 1. The Hall–Kier alpha value is -2.63. The van der Waals surface area contributed by atoms with Gasteiger partial charge in [0.15, 0.2) is 0 Å². The van der Waals surface area contributed by atoms with Gasteiger partial charge in [-0.2, -0.15) is 0 Å². The zero-order valence-corrected chi connectivity index (χ0v) is 14.0. The van der Waals surface area contributed by atoms with Crippen LogP contribution in [-0.2, 0) is 0 Å². The van der Waals surface area contributed by atoms with Crippen molar-refractivity contribution in [2.45, 2.75) is 13.8 Å². The maximum Gasteiger partial charge on any atom is 0.270 e. The van der Waals surface area contributed by atoms with Crippen molar-refractivity contribution in [3.05, 3.63) is 42.2 Å². The Morgan fingerprint density at radius 1 is 1.17 bits per heavy atom. The summed E-state index contributed by atoms with van der Waals surface area (Å²) in [6, 6.07) is 9.51. The third-order valence-electron chi connectivity index (χ3n) is 3.20. The Labute approximate surface area is 137 Å². The Morgan fingerprint density at radius 2 is 1.87 bits per heavy atom. The fourth-order valence-electron chi connectivity index (χ4n) is 1.90. The Kier molecular flexibility index (Phi) is 5.51. The number of hydrogen-bond acceptors (Lipinski definition) is 5. The third-order valence-corrected chi connectivity index (χ3v) is 3.20. The van der Waals surface area contributed by atoms with E-state index in [0.717, 1.165) is 11.4 Å². The summed E-state index contributed by atoms with van der Waals surface area (Å²) >= 11 is 0. The molecule has 0 saturated heterocycles. The van der Waals surface area contributed by atoms with Crippen molar-refractivity contribution in [2.24, 2.45) is 5.92 Å². The highest BCUT2D eigenvalue weighted by Crippen LogP contribution is 2.18. The summed E-state index contributed by atoms with van der Waals surface area (Å²) in [5.41, 5.74) is 2.33. The molecule has 1 aromatic heterocycles. The van der Waals surface area contributed by atoms with Crippen molar-refractivity contribution in [2.75, 3.05) is 30.9 Å². The number of aromatic nitrogens is 2. The molecular formula is C17H23N5O. The van der Waals surface area contributed by atoms with Gasteiger partial charge < -0.3 is 15.5 Å². The fraction of sp³-hybridized carbons (Fsp3) is 0.353. The molecule has 122 valence electrons. The van der Waals surface area contributed by atoms with Crippen LogP contribution in [0.25, 0.3) is 0 Å². The standard InChI is InChI=1S/C17H23N5O/c1-12(2)11-19-16(23)15-9-10-18-17(21-15)20-13-5-7-14(8-6-13)22(3)4/h5-10,12H,11H2,1-4H3,(H,19,23)(H,18,20,21). The maximum absolute atomic E-state index is 12.0. The zero-order valence-electron chi connectivity index (χ0n) is 14.0. The number of anilines is 3. The summed E-state index contributed by atoms with van der Waals surface area (Å²) < 4.78 is 0. The Morgan fingerprint density at radius 3 is 2.48 bits per heavy atom. The van der Waals surface area contributed by atoms with Gasteiger partial charge >= 0.3 is 0 Å². The van der Waals surface area contributed by atoms with E-state index in [0.29, 0.717) is 24.1 Å². The molecule has 1 amide bonds. The molecule has 2 aromatic rings. The fourth-order valence-corrected chi connectivity index (χ4v) is 1.90. The highest BCUT2D eigenvalue weighted by atomic mass is 16.1. The van der Waals surface area contributed by atoms with Crippen LogP contribution < -0.4 is 15.5 Å². The van der Waals surface area contributed by atoms with Gasteiger partial charge in [-0.25, -0.2) is 9.97 Å². The van der Waals surface area contributed by atoms with Crippen LogP contribution in [0.1, 0.15) is 24.3 Å². The molecule has 0 saturated carbocycles. The van der Waals surface area contributed by atoms with Gasteiger partial charge in [-0.15, -0.1) is 0 Å². The quantitative estimate of drug-likeness (QED) is 0.858. The first kappa shape index (κ1) is 16.7. The molecule has 0 unspecified atom stereocenters. The molecule has 0 atom stereocenters. The molecule has 1 aromatic carbocycles. The number of amides is 1. The topological polar surface area (TPSA) is 70.2 Å². The van der Waals surface area contributed by atoms with Gasteiger partial charge in [0.25, 0.3) is 5.91 Å². The predicted octanol–water partition coefficient (Wildman–Crippen LogP) is 2.67. The number of rotatable bonds is 6. The molecule has 23 heavy (non-hydrogen) atoms. The van der Waals surface area contributed by atoms with E-state index in [1.807, 2.05) is 57.1 Å². The molecule has 0 aliphatic heterocycles. The number of nitrogens with zero attached hydrogens (tertiary/aromatic N) is 3. The number of carbonyl (C=O) groups excluding carboxylic acids is 1. The highest BCUT2D eigenvalue weighted by molar-refractivity contribution is 5.92. The average Bonchev–Trinajstić information content (AvgIpc) is 2.53. The molecule has 6 nitrogen and oxygen atoms in total. The molecule has 0 spiro atoms. The predicted molar refractivity (Wildman–Crippen MR) is 93.3 cm³/mol. The number of nitrogens with one attached hydrogen (secondary N) is 2. The van der Waals surface area contributed by atoms with Crippen molar-refractivity contribution in [1.29, 1.82) is 0 Å². The minimum atomic E-state index is -0.188. The lowest BCUT2D eigenvalue weighted by atomic mass is 10.2. The lowest BCUT2D eigenvalue weighted by molar-refractivity contribution is 0.0944. The van der Waals surface area contributed by atoms with Gasteiger partial charge in [0.1, 0.15) is 5.69 Å². The largest absolute Gasteiger partial charge is 0.378 e. The van der Waals surface area contributed by atoms with Gasteiger partial charge in [0, 0.05) is 38.2 Å². The molecule has 0 bridgehead atoms. The van der Waals surface area contributed by atoms with Gasteiger partial charge in [-0.1, -0.05) is 13.8 Å². The van der Waals surface area contributed by atoms with E-state index in [-0.39, 0.29) is 5.91 Å². The Balaban J connectivity index is 2.06. The monoisotopic (exact) mass is 313 g/mol. The van der Waals surface area contributed by atoms with Crippen LogP contribution in [0.15, 0.2) is 36.5 Å². The minimum absolute atomic E-state index is 0.188. The van der Waals surface area contributed by atoms with Crippen molar-refractivity contribution < 1.29 is 4.79 Å². The van der Waals surface area contributed by atoms with Gasteiger partial charge in [0.05, 0.1) is 0 Å². The van der Waals surface area contributed by atoms with Crippen LogP contribution in [-0.4, -0.2) is 36.5 Å². The summed E-state index contributed by atoms with van der Waals surface area (Å²) in [4.78, 5) is 22.5. The van der Waals surface area contributed by atoms with Gasteiger partial charge in [-0.05, 0) is 36.2 Å². The van der Waals surface area contributed by atoms with E-state index >= 15 is 0 Å². The highest BCUT2D eigenvalue weighted by Gasteiger charge is 2.09. The molecule has 1 heterocycles. The van der Waals surface area contributed by atoms with Crippen LogP contribution in [0.3, 0.4) is 0 Å². The molecule has 0 aliphatic carbocycles.